The van der Waals surface area contributed by atoms with E-state index in [4.69, 9.17) is 0 Å². The van der Waals surface area contributed by atoms with Crippen LogP contribution in [0, 0.1) is 10.1 Å². The molecule has 0 unspecified atom stereocenters. The highest BCUT2D eigenvalue weighted by atomic mass is 32.2. The number of alkyl halides is 3. The van der Waals surface area contributed by atoms with Gasteiger partial charge >= 0.3 is 11.9 Å². The first kappa shape index (κ1) is 19.6. The number of halogens is 3. The summed E-state index contributed by atoms with van der Waals surface area (Å²) in [6.07, 6.45) is -4.84. The average molecular weight is 395 g/mol. The minimum absolute atomic E-state index is 0.288. The third-order valence-corrected chi connectivity index (χ3v) is 4.77. The largest absolute Gasteiger partial charge is 0.451 e. The first-order valence-corrected chi connectivity index (χ1v) is 8.37. The quantitative estimate of drug-likeness (QED) is 0.560. The van der Waals surface area contributed by atoms with Gasteiger partial charge in [0.1, 0.15) is 0 Å². The number of para-hydroxylation sites is 1. The first-order valence-electron chi connectivity index (χ1n) is 6.89. The maximum atomic E-state index is 12.7. The molecular weight excluding hydrogens is 383 g/mol. The topological polar surface area (TPSA) is 129 Å². The number of aromatic nitrogens is 3. The van der Waals surface area contributed by atoms with Crippen LogP contribution in [0.1, 0.15) is 5.82 Å². The fourth-order valence-electron chi connectivity index (χ4n) is 2.08. The second-order valence-electron chi connectivity index (χ2n) is 5.01. The summed E-state index contributed by atoms with van der Waals surface area (Å²) in [5.41, 5.74) is -1.74. The number of nitro groups is 1. The van der Waals surface area contributed by atoms with Crippen molar-refractivity contribution in [1.82, 2.24) is 19.1 Å². The van der Waals surface area contributed by atoms with Gasteiger partial charge in [-0.1, -0.05) is 12.1 Å². The molecule has 0 atom stereocenters. The van der Waals surface area contributed by atoms with E-state index in [9.17, 15) is 36.5 Å². The fraction of sp³-hybridized carbons (Fsp3) is 0.333. The Morgan fingerprint density at radius 3 is 2.46 bits per heavy atom. The van der Waals surface area contributed by atoms with Gasteiger partial charge in [-0.15, -0.1) is 5.10 Å². The monoisotopic (exact) mass is 395 g/mol. The Balaban J connectivity index is 2.18. The molecule has 2 aromatic rings. The molecule has 26 heavy (non-hydrogen) atoms. The molecule has 0 aliphatic heterocycles. The number of hydrogen-bond acceptors (Lipinski definition) is 6. The summed E-state index contributed by atoms with van der Waals surface area (Å²) < 4.78 is 65.1. The van der Waals surface area contributed by atoms with Crippen molar-refractivity contribution in [2.45, 2.75) is 17.6 Å². The van der Waals surface area contributed by atoms with Gasteiger partial charge < -0.3 is 0 Å². The third-order valence-electron chi connectivity index (χ3n) is 3.26. The summed E-state index contributed by atoms with van der Waals surface area (Å²) >= 11 is 0. The summed E-state index contributed by atoms with van der Waals surface area (Å²) in [7, 11) is -3.43. The number of nitro benzene ring substituents is 1. The highest BCUT2D eigenvalue weighted by molar-refractivity contribution is 7.89. The van der Waals surface area contributed by atoms with E-state index in [0.29, 0.717) is 4.68 Å². The molecule has 1 N–H and O–H groups in total. The molecule has 14 heteroatoms. The normalized spacial score (nSPS) is 12.3. The molecular formula is C12H12F3N5O5S. The van der Waals surface area contributed by atoms with Gasteiger partial charge in [0, 0.05) is 19.7 Å². The number of hydrogen-bond donors (Lipinski definition) is 1. The molecule has 0 bridgehead atoms. The van der Waals surface area contributed by atoms with Crippen molar-refractivity contribution < 1.29 is 26.5 Å². The Morgan fingerprint density at radius 1 is 1.31 bits per heavy atom. The molecule has 0 saturated heterocycles. The predicted molar refractivity (Wildman–Crippen MR) is 80.8 cm³/mol. The molecule has 0 fully saturated rings. The third kappa shape index (κ3) is 3.91. The maximum absolute atomic E-state index is 12.7. The molecule has 0 aliphatic carbocycles. The molecule has 0 spiro atoms. The van der Waals surface area contributed by atoms with Crippen LogP contribution >= 0.6 is 0 Å². The van der Waals surface area contributed by atoms with E-state index in [1.165, 1.54) is 12.1 Å². The van der Waals surface area contributed by atoms with Crippen molar-refractivity contribution in [1.29, 1.82) is 0 Å². The van der Waals surface area contributed by atoms with Gasteiger partial charge in [0.25, 0.3) is 5.69 Å². The van der Waals surface area contributed by atoms with Gasteiger partial charge in [-0.05, 0) is 6.07 Å². The second-order valence-corrected chi connectivity index (χ2v) is 6.74. The van der Waals surface area contributed by atoms with E-state index >= 15 is 0 Å². The Labute approximate surface area is 144 Å². The summed E-state index contributed by atoms with van der Waals surface area (Å²) in [6, 6.07) is 4.56. The Bertz CT molecular complexity index is 995. The lowest BCUT2D eigenvalue weighted by Crippen LogP contribution is -2.32. The van der Waals surface area contributed by atoms with Crippen LogP contribution in [0.15, 0.2) is 34.0 Å². The van der Waals surface area contributed by atoms with Crippen LogP contribution < -0.4 is 10.4 Å². The molecule has 142 valence electrons. The summed E-state index contributed by atoms with van der Waals surface area (Å²) in [5, 5.41) is 14.0. The van der Waals surface area contributed by atoms with Gasteiger partial charge in [0.15, 0.2) is 4.90 Å². The lowest BCUT2D eigenvalue weighted by atomic mass is 10.3. The van der Waals surface area contributed by atoms with Crippen molar-refractivity contribution in [3.05, 3.63) is 50.7 Å². The highest BCUT2D eigenvalue weighted by Crippen LogP contribution is 2.26. The SMILES string of the molecule is Cn1c(C(F)(F)F)nn(CCNS(=O)(=O)c2ccccc2[N+](=O)[O-])c1=O. The van der Waals surface area contributed by atoms with Crippen LogP contribution in [-0.4, -0.2) is 34.2 Å². The lowest BCUT2D eigenvalue weighted by Gasteiger charge is -2.07. The molecule has 0 saturated carbocycles. The number of nitrogens with zero attached hydrogens (tertiary/aromatic N) is 4. The molecule has 2 rings (SSSR count). The Kier molecular flexibility index (Phi) is 5.18. The van der Waals surface area contributed by atoms with Gasteiger partial charge in [-0.2, -0.15) is 13.2 Å². The van der Waals surface area contributed by atoms with Gasteiger partial charge in [-0.3, -0.25) is 14.7 Å². The number of nitrogens with one attached hydrogen (secondary N) is 1. The second kappa shape index (κ2) is 6.87. The molecule has 0 aliphatic rings. The van der Waals surface area contributed by atoms with E-state index in [1.54, 1.807) is 0 Å². The van der Waals surface area contributed by atoms with E-state index in [-0.39, 0.29) is 4.57 Å². The number of rotatable bonds is 6. The van der Waals surface area contributed by atoms with Crippen LogP contribution in [0.2, 0.25) is 0 Å². The Hall–Kier alpha value is -2.74. The summed E-state index contributed by atoms with van der Waals surface area (Å²) in [4.78, 5) is 21.1. The summed E-state index contributed by atoms with van der Waals surface area (Å²) in [6.45, 7) is -0.995. The van der Waals surface area contributed by atoms with Gasteiger partial charge in [0.2, 0.25) is 15.8 Å². The number of sulfonamides is 1. The van der Waals surface area contributed by atoms with Crippen LogP contribution in [0.3, 0.4) is 0 Å². The van der Waals surface area contributed by atoms with Crippen molar-refractivity contribution in [3.63, 3.8) is 0 Å². The molecule has 1 heterocycles. The molecule has 1 aromatic carbocycles. The fourth-order valence-corrected chi connectivity index (χ4v) is 3.27. The first-order chi connectivity index (χ1) is 11.9. The standard InChI is InChI=1S/C12H12F3N5O5S/c1-18-10(12(13,14)15)17-19(11(18)21)7-6-16-26(24,25)9-5-3-2-4-8(9)20(22)23/h2-5,16H,6-7H2,1H3. The van der Waals surface area contributed by atoms with Crippen LogP contribution in [0.4, 0.5) is 18.9 Å². The summed E-state index contributed by atoms with van der Waals surface area (Å²) in [5.74, 6) is -1.43. The smallest absolute Gasteiger partial charge is 0.274 e. The zero-order valence-electron chi connectivity index (χ0n) is 13.1. The van der Waals surface area contributed by atoms with E-state index in [1.807, 2.05) is 4.72 Å². The van der Waals surface area contributed by atoms with E-state index in [2.05, 4.69) is 5.10 Å². The Morgan fingerprint density at radius 2 is 1.92 bits per heavy atom. The van der Waals surface area contributed by atoms with Crippen LogP contribution in [-0.2, 0) is 29.8 Å². The van der Waals surface area contributed by atoms with Crippen molar-refractivity contribution >= 4 is 15.7 Å². The van der Waals surface area contributed by atoms with Crippen LogP contribution in [0.25, 0.3) is 0 Å². The minimum Gasteiger partial charge on any atom is -0.274 e. The zero-order valence-corrected chi connectivity index (χ0v) is 13.9. The van der Waals surface area contributed by atoms with Crippen LogP contribution in [0.5, 0.6) is 0 Å². The van der Waals surface area contributed by atoms with Gasteiger partial charge in [0.05, 0.1) is 11.5 Å². The highest BCUT2D eigenvalue weighted by Gasteiger charge is 2.38. The van der Waals surface area contributed by atoms with Crippen molar-refractivity contribution in [2.75, 3.05) is 6.54 Å². The van der Waals surface area contributed by atoms with Crippen molar-refractivity contribution in [2.24, 2.45) is 7.05 Å². The molecule has 0 amide bonds. The van der Waals surface area contributed by atoms with Crippen molar-refractivity contribution in [3.8, 4) is 0 Å². The minimum atomic E-state index is -4.84. The zero-order chi connectivity index (χ0) is 19.7. The molecule has 1 aromatic heterocycles. The van der Waals surface area contributed by atoms with E-state index in [0.717, 1.165) is 19.2 Å². The number of benzene rings is 1. The predicted octanol–water partition coefficient (Wildman–Crippen LogP) is 0.487. The van der Waals surface area contributed by atoms with E-state index < -0.39 is 56.3 Å². The van der Waals surface area contributed by atoms with Gasteiger partial charge in [-0.25, -0.2) is 22.6 Å². The lowest BCUT2D eigenvalue weighted by molar-refractivity contribution is -0.387. The molecule has 0 radical (unpaired) electrons. The average Bonchev–Trinajstić information content (AvgIpc) is 2.83. The maximum Gasteiger partial charge on any atom is 0.451 e. The molecule has 10 nitrogen and oxygen atoms in total.